The van der Waals surface area contributed by atoms with E-state index in [0.29, 0.717) is 6.61 Å². The molecule has 1 atom stereocenters. The molecule has 1 N–H and O–H groups in total. The number of carbonyl (C=O) groups excluding carboxylic acids is 1. The Balaban J connectivity index is 2.67. The second-order valence-electron chi connectivity index (χ2n) is 9.34. The lowest BCUT2D eigenvalue weighted by atomic mass is 9.69. The number of carbonyl (C=O) groups is 2. The molecule has 1 saturated heterocycles. The molecule has 1 rings (SSSR count). The van der Waals surface area contributed by atoms with Crippen LogP contribution >= 0.6 is 0 Å². The van der Waals surface area contributed by atoms with E-state index in [1.807, 2.05) is 6.92 Å². The van der Waals surface area contributed by atoms with Crippen molar-refractivity contribution >= 4 is 11.9 Å². The van der Waals surface area contributed by atoms with Crippen molar-refractivity contribution in [2.75, 3.05) is 13.7 Å². The van der Waals surface area contributed by atoms with Gasteiger partial charge in [-0.1, -0.05) is 25.7 Å². The van der Waals surface area contributed by atoms with Crippen molar-refractivity contribution in [1.29, 1.82) is 0 Å². The number of hydrogen-bond donors (Lipinski definition) is 1. The molecule has 0 spiro atoms. The van der Waals surface area contributed by atoms with E-state index < -0.39 is 5.97 Å². The largest absolute Gasteiger partial charge is 0.481 e. The predicted octanol–water partition coefficient (Wildman–Crippen LogP) is 4.81. The van der Waals surface area contributed by atoms with Crippen LogP contribution in [0.3, 0.4) is 0 Å². The van der Waals surface area contributed by atoms with Gasteiger partial charge in [-0.25, -0.2) is 0 Å². The molecule has 28 heavy (non-hydrogen) atoms. The molecular weight excluding hydrogens is 358 g/mol. The van der Waals surface area contributed by atoms with Gasteiger partial charge in [-0.05, 0) is 66.2 Å². The number of carboxylic acids is 1. The lowest BCUT2D eigenvalue weighted by Crippen LogP contribution is -2.61. The van der Waals surface area contributed by atoms with Crippen molar-refractivity contribution in [3.05, 3.63) is 0 Å². The highest BCUT2D eigenvalue weighted by Crippen LogP contribution is 2.45. The fraction of sp³-hybridized carbons (Fsp3) is 0.909. The van der Waals surface area contributed by atoms with Gasteiger partial charge in [0.05, 0.1) is 19.6 Å². The number of aliphatic carboxylic acids is 1. The summed E-state index contributed by atoms with van der Waals surface area (Å²) in [5.74, 6) is -0.658. The summed E-state index contributed by atoms with van der Waals surface area (Å²) >= 11 is 0. The zero-order valence-electron chi connectivity index (χ0n) is 18.8. The van der Waals surface area contributed by atoms with E-state index in [9.17, 15) is 9.59 Å². The molecule has 1 aliphatic rings. The quantitative estimate of drug-likeness (QED) is 0.375. The van der Waals surface area contributed by atoms with Crippen molar-refractivity contribution < 1.29 is 24.3 Å². The number of hydrogen-bond acceptors (Lipinski definition) is 5. The van der Waals surface area contributed by atoms with Crippen LogP contribution in [0, 0.1) is 11.8 Å². The van der Waals surface area contributed by atoms with Crippen LogP contribution in [0.15, 0.2) is 0 Å². The van der Waals surface area contributed by atoms with Crippen LogP contribution in [-0.2, 0) is 19.2 Å². The van der Waals surface area contributed by atoms with Crippen LogP contribution in [0.25, 0.3) is 0 Å². The number of hydroxylamine groups is 2. The molecule has 0 amide bonds. The Bertz CT molecular complexity index is 485. The lowest BCUT2D eigenvalue weighted by molar-refractivity contribution is -0.287. The number of rotatable bonds is 12. The Morgan fingerprint density at radius 2 is 1.57 bits per heavy atom. The second kappa shape index (κ2) is 11.1. The SMILES string of the molecule is CCON1C(C)(C)CC(C(CCCCCCCC(=O)O)C(=O)OC)CC1(C)C. The Hall–Kier alpha value is -1.14. The summed E-state index contributed by atoms with van der Waals surface area (Å²) in [6.07, 6.45) is 7.54. The molecule has 0 aromatic rings. The molecule has 6 heteroatoms. The molecule has 164 valence electrons. The van der Waals surface area contributed by atoms with E-state index in [1.54, 1.807) is 0 Å². The van der Waals surface area contributed by atoms with Gasteiger partial charge in [0.15, 0.2) is 0 Å². The molecule has 0 saturated carbocycles. The molecule has 1 heterocycles. The number of methoxy groups -OCH3 is 1. The average molecular weight is 400 g/mol. The monoisotopic (exact) mass is 399 g/mol. The first-order chi connectivity index (χ1) is 13.0. The van der Waals surface area contributed by atoms with E-state index in [4.69, 9.17) is 14.7 Å². The van der Waals surface area contributed by atoms with Gasteiger partial charge < -0.3 is 9.84 Å². The van der Waals surface area contributed by atoms with E-state index in [-0.39, 0.29) is 35.3 Å². The molecule has 0 aromatic heterocycles. The highest BCUT2D eigenvalue weighted by atomic mass is 16.7. The molecule has 0 aromatic carbocycles. The first-order valence-corrected chi connectivity index (χ1v) is 10.8. The zero-order valence-corrected chi connectivity index (χ0v) is 18.8. The summed E-state index contributed by atoms with van der Waals surface area (Å²) in [5, 5.41) is 10.8. The van der Waals surface area contributed by atoms with Crippen LogP contribution in [0.4, 0.5) is 0 Å². The fourth-order valence-electron chi connectivity index (χ4n) is 4.97. The van der Waals surface area contributed by atoms with Gasteiger partial charge in [0.1, 0.15) is 0 Å². The summed E-state index contributed by atoms with van der Waals surface area (Å²) in [6.45, 7) is 11.4. The number of carboxylic acid groups (broad SMARTS) is 1. The van der Waals surface area contributed by atoms with Crippen LogP contribution in [-0.4, -0.2) is 46.9 Å². The molecule has 1 unspecified atom stereocenters. The number of unbranched alkanes of at least 4 members (excludes halogenated alkanes) is 4. The minimum atomic E-state index is -0.727. The topological polar surface area (TPSA) is 76.1 Å². The maximum absolute atomic E-state index is 12.5. The highest BCUT2D eigenvalue weighted by molar-refractivity contribution is 5.72. The zero-order chi connectivity index (χ0) is 21.4. The second-order valence-corrected chi connectivity index (χ2v) is 9.34. The normalized spacial score (nSPS) is 20.6. The minimum absolute atomic E-state index is 0.0913. The smallest absolute Gasteiger partial charge is 0.308 e. The van der Waals surface area contributed by atoms with Crippen molar-refractivity contribution in [2.24, 2.45) is 11.8 Å². The van der Waals surface area contributed by atoms with E-state index in [0.717, 1.165) is 51.4 Å². The van der Waals surface area contributed by atoms with E-state index >= 15 is 0 Å². The van der Waals surface area contributed by atoms with Gasteiger partial charge in [0.2, 0.25) is 0 Å². The average Bonchev–Trinajstić information content (AvgIpc) is 2.59. The highest BCUT2D eigenvalue weighted by Gasteiger charge is 2.49. The lowest BCUT2D eigenvalue weighted by Gasteiger charge is -2.54. The summed E-state index contributed by atoms with van der Waals surface area (Å²) in [5.41, 5.74) is -0.295. The molecule has 0 radical (unpaired) electrons. The van der Waals surface area contributed by atoms with Crippen LogP contribution in [0.2, 0.25) is 0 Å². The van der Waals surface area contributed by atoms with Crippen molar-refractivity contribution in [1.82, 2.24) is 5.06 Å². The molecular formula is C22H41NO5. The fourth-order valence-corrected chi connectivity index (χ4v) is 4.97. The Morgan fingerprint density at radius 3 is 2.07 bits per heavy atom. The third-order valence-electron chi connectivity index (χ3n) is 5.86. The predicted molar refractivity (Wildman–Crippen MR) is 110 cm³/mol. The van der Waals surface area contributed by atoms with Gasteiger partial charge >= 0.3 is 11.9 Å². The number of ether oxygens (including phenoxy) is 1. The van der Waals surface area contributed by atoms with Gasteiger partial charge in [0.25, 0.3) is 0 Å². The summed E-state index contributed by atoms with van der Waals surface area (Å²) in [4.78, 5) is 29.1. The number of piperidine rings is 1. The summed E-state index contributed by atoms with van der Waals surface area (Å²) in [7, 11) is 1.48. The number of esters is 1. The Kier molecular flexibility index (Phi) is 9.91. The molecule has 0 bridgehead atoms. The first kappa shape index (κ1) is 24.9. The summed E-state index contributed by atoms with van der Waals surface area (Å²) in [6, 6.07) is 0. The Labute approximate surface area is 170 Å². The first-order valence-electron chi connectivity index (χ1n) is 10.8. The third-order valence-corrected chi connectivity index (χ3v) is 5.86. The molecule has 6 nitrogen and oxygen atoms in total. The maximum Gasteiger partial charge on any atom is 0.308 e. The van der Waals surface area contributed by atoms with Crippen molar-refractivity contribution in [3.63, 3.8) is 0 Å². The minimum Gasteiger partial charge on any atom is -0.481 e. The van der Waals surface area contributed by atoms with Gasteiger partial charge in [-0.3, -0.25) is 14.4 Å². The molecule has 1 aliphatic heterocycles. The standard InChI is InChI=1S/C22H41NO5/c1-7-28-23-21(2,3)15-17(16-22(23,4)5)18(20(26)27-6)13-11-9-8-10-12-14-19(24)25/h17-18H,7-16H2,1-6H3,(H,24,25). The molecule has 0 aliphatic carbocycles. The van der Waals surface area contributed by atoms with Crippen molar-refractivity contribution in [2.45, 2.75) is 103 Å². The Morgan fingerprint density at radius 1 is 1.04 bits per heavy atom. The molecule has 1 fully saturated rings. The maximum atomic E-state index is 12.5. The summed E-state index contributed by atoms with van der Waals surface area (Å²) < 4.78 is 5.15. The van der Waals surface area contributed by atoms with Gasteiger partial charge in [-0.2, -0.15) is 5.06 Å². The van der Waals surface area contributed by atoms with Crippen molar-refractivity contribution in [3.8, 4) is 0 Å². The van der Waals surface area contributed by atoms with E-state index in [1.165, 1.54) is 7.11 Å². The third kappa shape index (κ3) is 7.36. The van der Waals surface area contributed by atoms with Crippen LogP contribution in [0.1, 0.15) is 92.4 Å². The van der Waals surface area contributed by atoms with Crippen LogP contribution in [0.5, 0.6) is 0 Å². The van der Waals surface area contributed by atoms with Gasteiger partial charge in [0, 0.05) is 17.5 Å². The van der Waals surface area contributed by atoms with Crippen LogP contribution < -0.4 is 0 Å². The van der Waals surface area contributed by atoms with Gasteiger partial charge in [-0.15, -0.1) is 0 Å². The van der Waals surface area contributed by atoms with E-state index in [2.05, 4.69) is 32.8 Å². The number of nitrogens with zero attached hydrogens (tertiary/aromatic N) is 1.